The highest BCUT2D eigenvalue weighted by Gasteiger charge is 2.24. The molecule has 0 aromatic carbocycles. The Hall–Kier alpha value is -0.870. The van der Waals surface area contributed by atoms with Gasteiger partial charge in [-0.3, -0.25) is 0 Å². The van der Waals surface area contributed by atoms with Gasteiger partial charge in [-0.2, -0.15) is 0 Å². The number of carbonyl (C=O) groups is 1. The Morgan fingerprint density at radius 3 is 2.00 bits per heavy atom. The molecule has 0 aliphatic heterocycles. The van der Waals surface area contributed by atoms with Gasteiger partial charge in [0.25, 0.3) is 0 Å². The molecule has 0 fully saturated rings. The zero-order chi connectivity index (χ0) is 14.5. The molecule has 0 N–H and O–H groups in total. The lowest BCUT2D eigenvalue weighted by Crippen LogP contribution is -2.35. The van der Waals surface area contributed by atoms with Gasteiger partial charge in [0.05, 0.1) is 0 Å². The van der Waals surface area contributed by atoms with Crippen molar-refractivity contribution in [2.75, 3.05) is 13.2 Å². The Balaban J connectivity index is 4.36. The molecule has 0 saturated heterocycles. The zero-order valence-corrected chi connectivity index (χ0v) is 12.5. The minimum absolute atomic E-state index is 0.376. The van der Waals surface area contributed by atoms with Crippen LogP contribution in [-0.2, 0) is 19.0 Å². The van der Waals surface area contributed by atoms with Gasteiger partial charge in [-0.05, 0) is 19.3 Å². The minimum atomic E-state index is -0.480. The van der Waals surface area contributed by atoms with E-state index in [2.05, 4.69) is 20.4 Å². The molecular formula is C15H28O4. The lowest BCUT2D eigenvalue weighted by Gasteiger charge is -2.26. The summed E-state index contributed by atoms with van der Waals surface area (Å²) in [4.78, 5) is 11.3. The average Bonchev–Trinajstić information content (AvgIpc) is 2.43. The van der Waals surface area contributed by atoms with E-state index in [1.165, 1.54) is 0 Å². The van der Waals surface area contributed by atoms with Crippen LogP contribution in [0.15, 0.2) is 12.7 Å². The van der Waals surface area contributed by atoms with Crippen LogP contribution >= 0.6 is 0 Å². The normalized spacial score (nSPS) is 12.4. The molecule has 4 heteroatoms. The van der Waals surface area contributed by atoms with Crippen LogP contribution in [0, 0.1) is 0 Å². The largest absolute Gasteiger partial charge is 0.454 e. The van der Waals surface area contributed by atoms with Gasteiger partial charge in [0.15, 0.2) is 12.4 Å². The fraction of sp³-hybridized carbons (Fsp3) is 0.800. The van der Waals surface area contributed by atoms with E-state index in [-0.39, 0.29) is 6.10 Å². The van der Waals surface area contributed by atoms with Crippen LogP contribution in [0.3, 0.4) is 0 Å². The van der Waals surface area contributed by atoms with E-state index in [1.54, 1.807) is 0 Å². The first-order valence-corrected chi connectivity index (χ1v) is 7.25. The summed E-state index contributed by atoms with van der Waals surface area (Å²) in [6.07, 6.45) is 5.03. The van der Waals surface area contributed by atoms with Crippen LogP contribution in [0.2, 0.25) is 0 Å². The van der Waals surface area contributed by atoms with E-state index in [4.69, 9.17) is 14.2 Å². The van der Waals surface area contributed by atoms with E-state index in [9.17, 15) is 4.79 Å². The zero-order valence-electron chi connectivity index (χ0n) is 12.5. The maximum Gasteiger partial charge on any atom is 0.330 e. The maximum absolute atomic E-state index is 11.3. The number of hydrogen-bond donors (Lipinski definition) is 0. The van der Waals surface area contributed by atoms with E-state index in [0.717, 1.165) is 31.8 Å². The van der Waals surface area contributed by atoms with Crippen molar-refractivity contribution in [1.29, 1.82) is 0 Å². The van der Waals surface area contributed by atoms with Crippen molar-refractivity contribution in [1.82, 2.24) is 0 Å². The van der Waals surface area contributed by atoms with Gasteiger partial charge in [0.2, 0.25) is 0 Å². The van der Waals surface area contributed by atoms with Crippen molar-refractivity contribution in [3.8, 4) is 0 Å². The second-order valence-corrected chi connectivity index (χ2v) is 4.40. The summed E-state index contributed by atoms with van der Waals surface area (Å²) in [7, 11) is 0. The maximum atomic E-state index is 11.3. The summed E-state index contributed by atoms with van der Waals surface area (Å²) in [6.45, 7) is 10.8. The van der Waals surface area contributed by atoms with Crippen LogP contribution in [0.1, 0.15) is 52.9 Å². The second kappa shape index (κ2) is 12.2. The molecule has 112 valence electrons. The van der Waals surface area contributed by atoms with E-state index in [0.29, 0.717) is 19.6 Å². The van der Waals surface area contributed by atoms with Crippen LogP contribution < -0.4 is 0 Å². The molecular weight excluding hydrogens is 244 g/mol. The molecule has 0 saturated carbocycles. The third kappa shape index (κ3) is 8.78. The number of carbonyl (C=O) groups excluding carboxylic acids is 1. The summed E-state index contributed by atoms with van der Waals surface area (Å²) in [5.74, 6) is -0.435. The van der Waals surface area contributed by atoms with Crippen LogP contribution in [-0.4, -0.2) is 31.6 Å². The Bertz CT molecular complexity index is 230. The highest BCUT2D eigenvalue weighted by Crippen LogP contribution is 2.12. The molecule has 0 bridgehead atoms. The Morgan fingerprint density at radius 1 is 1.11 bits per heavy atom. The summed E-state index contributed by atoms with van der Waals surface area (Å²) in [5, 5.41) is 0. The lowest BCUT2D eigenvalue weighted by molar-refractivity contribution is -0.208. The van der Waals surface area contributed by atoms with Gasteiger partial charge >= 0.3 is 5.97 Å². The van der Waals surface area contributed by atoms with Gasteiger partial charge in [-0.15, -0.1) is 0 Å². The highest BCUT2D eigenvalue weighted by atomic mass is 16.7. The van der Waals surface area contributed by atoms with Crippen LogP contribution in [0.5, 0.6) is 0 Å². The number of ether oxygens (including phenoxy) is 3. The summed E-state index contributed by atoms with van der Waals surface area (Å²) < 4.78 is 16.7. The smallest absolute Gasteiger partial charge is 0.330 e. The standard InChI is InChI=1S/C15H28O4/c1-5-9-11-17-15(18-12-10-6-2)13(7-3)19-14(16)8-4/h8,13,15H,4-7,9-12H2,1-3H3. The molecule has 0 heterocycles. The first-order valence-electron chi connectivity index (χ1n) is 7.25. The van der Waals surface area contributed by atoms with E-state index < -0.39 is 12.3 Å². The topological polar surface area (TPSA) is 44.8 Å². The van der Waals surface area contributed by atoms with Gasteiger partial charge in [0, 0.05) is 19.3 Å². The number of unbranched alkanes of at least 4 members (excludes halogenated alkanes) is 2. The Morgan fingerprint density at radius 2 is 1.63 bits per heavy atom. The van der Waals surface area contributed by atoms with Crippen molar-refractivity contribution in [2.24, 2.45) is 0 Å². The molecule has 1 atom stereocenters. The van der Waals surface area contributed by atoms with Crippen molar-refractivity contribution < 1.29 is 19.0 Å². The number of rotatable bonds is 12. The molecule has 0 spiro atoms. The number of hydrogen-bond acceptors (Lipinski definition) is 4. The molecule has 0 rings (SSSR count). The van der Waals surface area contributed by atoms with Gasteiger partial charge in [-0.25, -0.2) is 4.79 Å². The number of esters is 1. The third-order valence-electron chi connectivity index (χ3n) is 2.70. The Kier molecular flexibility index (Phi) is 11.6. The molecule has 1 unspecified atom stereocenters. The average molecular weight is 272 g/mol. The van der Waals surface area contributed by atoms with Crippen molar-refractivity contribution in [3.63, 3.8) is 0 Å². The van der Waals surface area contributed by atoms with Gasteiger partial charge < -0.3 is 14.2 Å². The summed E-state index contributed by atoms with van der Waals surface area (Å²) in [6, 6.07) is 0. The fourth-order valence-electron chi connectivity index (χ4n) is 1.48. The first kappa shape index (κ1) is 18.1. The molecule has 0 amide bonds. The molecule has 0 aliphatic carbocycles. The van der Waals surface area contributed by atoms with Crippen molar-refractivity contribution >= 4 is 5.97 Å². The van der Waals surface area contributed by atoms with Crippen LogP contribution in [0.25, 0.3) is 0 Å². The summed E-state index contributed by atoms with van der Waals surface area (Å²) >= 11 is 0. The predicted octanol–water partition coefficient (Wildman–Crippen LogP) is 3.45. The highest BCUT2D eigenvalue weighted by molar-refractivity contribution is 5.81. The Labute approximate surface area is 117 Å². The lowest BCUT2D eigenvalue weighted by atomic mass is 10.2. The molecule has 4 nitrogen and oxygen atoms in total. The molecule has 0 aromatic heterocycles. The quantitative estimate of drug-likeness (QED) is 0.236. The van der Waals surface area contributed by atoms with Crippen molar-refractivity contribution in [2.45, 2.75) is 65.3 Å². The first-order chi connectivity index (χ1) is 9.19. The van der Waals surface area contributed by atoms with E-state index >= 15 is 0 Å². The second-order valence-electron chi connectivity index (χ2n) is 4.40. The molecule has 0 aliphatic rings. The monoisotopic (exact) mass is 272 g/mol. The molecule has 0 radical (unpaired) electrons. The minimum Gasteiger partial charge on any atom is -0.454 e. The van der Waals surface area contributed by atoms with Gasteiger partial charge in [0.1, 0.15) is 0 Å². The molecule has 0 aromatic rings. The van der Waals surface area contributed by atoms with Crippen LogP contribution in [0.4, 0.5) is 0 Å². The van der Waals surface area contributed by atoms with Crippen molar-refractivity contribution in [3.05, 3.63) is 12.7 Å². The summed E-state index contributed by atoms with van der Waals surface area (Å²) in [5.41, 5.74) is 0. The fourth-order valence-corrected chi connectivity index (χ4v) is 1.48. The predicted molar refractivity (Wildman–Crippen MR) is 75.9 cm³/mol. The van der Waals surface area contributed by atoms with E-state index in [1.807, 2.05) is 6.92 Å². The molecule has 19 heavy (non-hydrogen) atoms. The SMILES string of the molecule is C=CC(=O)OC(CC)C(OCCCC)OCCCC. The third-order valence-corrected chi connectivity index (χ3v) is 2.70. The van der Waals surface area contributed by atoms with Gasteiger partial charge in [-0.1, -0.05) is 40.2 Å².